The third kappa shape index (κ3) is 5.28. The number of ether oxygens (including phenoxy) is 1. The molecule has 0 aliphatic rings. The van der Waals surface area contributed by atoms with Gasteiger partial charge in [0, 0.05) is 11.5 Å². The van der Waals surface area contributed by atoms with E-state index < -0.39 is 23.6 Å². The molecule has 0 aliphatic heterocycles. The zero-order chi connectivity index (χ0) is 21.7. The van der Waals surface area contributed by atoms with E-state index in [4.69, 9.17) is 9.84 Å². The number of pyridine rings is 1. The molecule has 0 spiro atoms. The minimum Gasteiger partial charge on any atom is -0.481 e. The van der Waals surface area contributed by atoms with E-state index in [0.29, 0.717) is 42.8 Å². The van der Waals surface area contributed by atoms with Crippen LogP contribution in [-0.4, -0.2) is 22.7 Å². The van der Waals surface area contributed by atoms with Crippen LogP contribution in [0.25, 0.3) is 22.0 Å². The average Bonchev–Trinajstić information content (AvgIpc) is 2.72. The fourth-order valence-corrected chi connectivity index (χ4v) is 3.16. The maximum atomic E-state index is 12.9. The first-order valence-corrected chi connectivity index (χ1v) is 9.69. The highest BCUT2D eigenvalue weighted by Crippen LogP contribution is 2.34. The highest BCUT2D eigenvalue weighted by Gasteiger charge is 2.30. The molecule has 0 saturated carbocycles. The summed E-state index contributed by atoms with van der Waals surface area (Å²) in [6.45, 7) is 2.05. The third-order valence-corrected chi connectivity index (χ3v) is 4.92. The van der Waals surface area contributed by atoms with Gasteiger partial charge in [0.1, 0.15) is 0 Å². The van der Waals surface area contributed by atoms with Crippen molar-refractivity contribution in [1.29, 1.82) is 0 Å². The van der Waals surface area contributed by atoms with E-state index in [9.17, 15) is 18.0 Å². The van der Waals surface area contributed by atoms with E-state index >= 15 is 0 Å². The summed E-state index contributed by atoms with van der Waals surface area (Å²) in [4.78, 5) is 15.3. The largest absolute Gasteiger partial charge is 0.481 e. The Morgan fingerprint density at radius 3 is 2.47 bits per heavy atom. The fraction of sp³-hybridized carbons (Fsp3) is 0.304. The molecular formula is C23H22F3NO3. The molecule has 1 atom stereocenters. The maximum Gasteiger partial charge on any atom is 0.416 e. The number of alkyl halides is 3. The molecule has 7 heteroatoms. The number of aromatic nitrogens is 1. The number of fused-ring (bicyclic) bond motifs is 1. The molecule has 0 saturated heterocycles. The van der Waals surface area contributed by atoms with Gasteiger partial charge in [0.15, 0.2) is 0 Å². The van der Waals surface area contributed by atoms with Gasteiger partial charge in [-0.1, -0.05) is 37.3 Å². The molecule has 2 aromatic carbocycles. The predicted molar refractivity (Wildman–Crippen MR) is 108 cm³/mol. The smallest absolute Gasteiger partial charge is 0.416 e. The fourth-order valence-electron chi connectivity index (χ4n) is 3.16. The van der Waals surface area contributed by atoms with Crippen molar-refractivity contribution in [3.8, 4) is 17.0 Å². The molecule has 4 nitrogen and oxygen atoms in total. The number of para-hydroxylation sites is 1. The standard InChI is InChI=1S/C23H22F3NO3/c1-15(22(28)29)6-4-5-13-30-21-14-19(18-7-2-3-8-20(18)27-21)16-9-11-17(12-10-16)23(24,25)26/h2-3,7-12,14-15H,4-6,13H2,1H3,(H,28,29). The predicted octanol–water partition coefficient (Wildman–Crippen LogP) is 6.19. The number of hydrogen-bond donors (Lipinski definition) is 1. The lowest BCUT2D eigenvalue weighted by molar-refractivity contribution is -0.141. The van der Waals surface area contributed by atoms with Crippen LogP contribution in [0.3, 0.4) is 0 Å². The monoisotopic (exact) mass is 417 g/mol. The van der Waals surface area contributed by atoms with Gasteiger partial charge in [-0.15, -0.1) is 0 Å². The van der Waals surface area contributed by atoms with Gasteiger partial charge in [0.25, 0.3) is 0 Å². The number of hydrogen-bond acceptors (Lipinski definition) is 3. The summed E-state index contributed by atoms with van der Waals surface area (Å²) in [5, 5.41) is 9.73. The Balaban J connectivity index is 1.78. The minimum atomic E-state index is -4.38. The van der Waals surface area contributed by atoms with Crippen LogP contribution in [0, 0.1) is 5.92 Å². The van der Waals surface area contributed by atoms with Gasteiger partial charge < -0.3 is 9.84 Å². The lowest BCUT2D eigenvalue weighted by Gasteiger charge is -2.12. The quantitative estimate of drug-likeness (QED) is 0.444. The first-order chi connectivity index (χ1) is 14.3. The van der Waals surface area contributed by atoms with E-state index in [-0.39, 0.29) is 0 Å². The van der Waals surface area contributed by atoms with Gasteiger partial charge >= 0.3 is 12.1 Å². The highest BCUT2D eigenvalue weighted by molar-refractivity contribution is 5.95. The Kier molecular flexibility index (Phi) is 6.59. The molecule has 158 valence electrons. The second-order valence-corrected chi connectivity index (χ2v) is 7.18. The molecule has 1 N–H and O–H groups in total. The second-order valence-electron chi connectivity index (χ2n) is 7.18. The summed E-state index contributed by atoms with van der Waals surface area (Å²) in [5.41, 5.74) is 1.37. The molecule has 1 heterocycles. The first kappa shape index (κ1) is 21.6. The van der Waals surface area contributed by atoms with Crippen molar-refractivity contribution in [3.05, 3.63) is 60.2 Å². The second kappa shape index (κ2) is 9.15. The molecule has 0 amide bonds. The van der Waals surface area contributed by atoms with Crippen LogP contribution in [0.2, 0.25) is 0 Å². The van der Waals surface area contributed by atoms with Gasteiger partial charge in [0.05, 0.1) is 23.6 Å². The number of carbonyl (C=O) groups is 1. The van der Waals surface area contributed by atoms with Gasteiger partial charge in [-0.05, 0) is 48.6 Å². The SMILES string of the molecule is CC(CCCCOc1cc(-c2ccc(C(F)(F)F)cc2)c2ccccc2n1)C(=O)O. The van der Waals surface area contributed by atoms with Gasteiger partial charge in [-0.25, -0.2) is 4.98 Å². The number of aliphatic carboxylic acids is 1. The Morgan fingerprint density at radius 1 is 1.10 bits per heavy atom. The van der Waals surface area contributed by atoms with E-state index in [0.717, 1.165) is 23.1 Å². The van der Waals surface area contributed by atoms with Crippen LogP contribution >= 0.6 is 0 Å². The summed E-state index contributed by atoms with van der Waals surface area (Å²) < 4.78 is 44.4. The number of halogens is 3. The van der Waals surface area contributed by atoms with Crippen LogP contribution in [0.1, 0.15) is 31.7 Å². The maximum absolute atomic E-state index is 12.9. The number of rotatable bonds is 8. The molecule has 0 aliphatic carbocycles. The zero-order valence-electron chi connectivity index (χ0n) is 16.4. The van der Waals surface area contributed by atoms with Gasteiger partial charge in [0.2, 0.25) is 5.88 Å². The van der Waals surface area contributed by atoms with Crippen LogP contribution in [0.15, 0.2) is 54.6 Å². The molecule has 1 aromatic heterocycles. The number of nitrogens with zero attached hydrogens (tertiary/aromatic N) is 1. The van der Waals surface area contributed by atoms with Crippen molar-refractivity contribution < 1.29 is 27.8 Å². The number of unbranched alkanes of at least 4 members (excludes halogenated alkanes) is 1. The zero-order valence-corrected chi connectivity index (χ0v) is 16.4. The summed E-state index contributed by atoms with van der Waals surface area (Å²) in [5.74, 6) is -0.821. The molecule has 0 bridgehead atoms. The molecular weight excluding hydrogens is 395 g/mol. The molecule has 30 heavy (non-hydrogen) atoms. The summed E-state index contributed by atoms with van der Waals surface area (Å²) in [6, 6.07) is 14.1. The Morgan fingerprint density at radius 2 is 1.80 bits per heavy atom. The number of carboxylic acids is 1. The van der Waals surface area contributed by atoms with Crippen molar-refractivity contribution >= 4 is 16.9 Å². The summed E-state index contributed by atoms with van der Waals surface area (Å²) in [7, 11) is 0. The van der Waals surface area contributed by atoms with Crippen molar-refractivity contribution in [2.75, 3.05) is 6.61 Å². The Hall–Kier alpha value is -3.09. The number of benzene rings is 2. The summed E-state index contributed by atoms with van der Waals surface area (Å²) in [6.07, 6.45) is -2.42. The molecule has 0 radical (unpaired) electrons. The molecule has 3 rings (SSSR count). The van der Waals surface area contributed by atoms with E-state index in [1.54, 1.807) is 13.0 Å². The lowest BCUT2D eigenvalue weighted by Crippen LogP contribution is -2.09. The number of carboxylic acid groups (broad SMARTS) is 1. The van der Waals surface area contributed by atoms with Crippen LogP contribution in [-0.2, 0) is 11.0 Å². The van der Waals surface area contributed by atoms with Gasteiger partial charge in [-0.3, -0.25) is 4.79 Å². The van der Waals surface area contributed by atoms with Crippen LogP contribution in [0.4, 0.5) is 13.2 Å². The normalized spacial score (nSPS) is 12.7. The van der Waals surface area contributed by atoms with Crippen molar-refractivity contribution in [2.45, 2.75) is 32.4 Å². The Bertz CT molecular complexity index is 1020. The first-order valence-electron chi connectivity index (χ1n) is 9.69. The lowest BCUT2D eigenvalue weighted by atomic mass is 10.00. The van der Waals surface area contributed by atoms with E-state index in [2.05, 4.69) is 4.98 Å². The van der Waals surface area contributed by atoms with Crippen LogP contribution in [0.5, 0.6) is 5.88 Å². The Labute approximate surface area is 172 Å². The van der Waals surface area contributed by atoms with Crippen LogP contribution < -0.4 is 4.74 Å². The van der Waals surface area contributed by atoms with Crippen molar-refractivity contribution in [1.82, 2.24) is 4.98 Å². The highest BCUT2D eigenvalue weighted by atomic mass is 19.4. The average molecular weight is 417 g/mol. The minimum absolute atomic E-state index is 0.379. The topological polar surface area (TPSA) is 59.4 Å². The van der Waals surface area contributed by atoms with E-state index in [1.807, 2.05) is 24.3 Å². The van der Waals surface area contributed by atoms with Gasteiger partial charge in [-0.2, -0.15) is 13.2 Å². The van der Waals surface area contributed by atoms with E-state index in [1.165, 1.54) is 12.1 Å². The summed E-state index contributed by atoms with van der Waals surface area (Å²) >= 11 is 0. The molecule has 0 fully saturated rings. The third-order valence-electron chi connectivity index (χ3n) is 4.92. The molecule has 1 unspecified atom stereocenters. The molecule has 3 aromatic rings. The van der Waals surface area contributed by atoms with Crippen molar-refractivity contribution in [3.63, 3.8) is 0 Å². The van der Waals surface area contributed by atoms with Crippen molar-refractivity contribution in [2.24, 2.45) is 5.92 Å².